The predicted molar refractivity (Wildman–Crippen MR) is 108 cm³/mol. The van der Waals surface area contributed by atoms with E-state index in [-0.39, 0.29) is 23.8 Å². The first-order valence-corrected chi connectivity index (χ1v) is 8.90. The summed E-state index contributed by atoms with van der Waals surface area (Å²) in [6.07, 6.45) is 2.79. The lowest BCUT2D eigenvalue weighted by molar-refractivity contribution is 0.0969. The van der Waals surface area contributed by atoms with Crippen LogP contribution in [0, 0.1) is 0 Å². The zero-order valence-corrected chi connectivity index (χ0v) is 15.6. The van der Waals surface area contributed by atoms with E-state index >= 15 is 0 Å². The van der Waals surface area contributed by atoms with Crippen molar-refractivity contribution in [2.75, 3.05) is 5.32 Å². The molecule has 0 aliphatic carbocycles. The number of hydrogen-bond acceptors (Lipinski definition) is 5. The maximum Gasteiger partial charge on any atom is 0.264 e. The second kappa shape index (κ2) is 7.51. The van der Waals surface area contributed by atoms with Crippen LogP contribution in [0.25, 0.3) is 11.0 Å². The second-order valence-corrected chi connectivity index (χ2v) is 6.50. The molecule has 2 aromatic heterocycles. The van der Waals surface area contributed by atoms with Crippen molar-refractivity contribution in [3.63, 3.8) is 0 Å². The maximum absolute atomic E-state index is 12.6. The van der Waals surface area contributed by atoms with Crippen molar-refractivity contribution in [2.45, 2.75) is 6.54 Å². The lowest BCUT2D eigenvalue weighted by Gasteiger charge is -2.07. The number of amides is 1. The summed E-state index contributed by atoms with van der Waals surface area (Å²) in [5, 5.41) is 7.16. The molecule has 4 rings (SSSR count). The van der Waals surface area contributed by atoms with Gasteiger partial charge < -0.3 is 5.32 Å². The van der Waals surface area contributed by atoms with E-state index in [9.17, 15) is 14.4 Å². The van der Waals surface area contributed by atoms with Crippen LogP contribution in [0.2, 0.25) is 0 Å². The highest BCUT2D eigenvalue weighted by Crippen LogP contribution is 2.13. The molecule has 2 aromatic carbocycles. The molecule has 0 spiro atoms. The number of ketones is 1. The maximum atomic E-state index is 12.6. The standard InChI is InChI=1S/C21H17N5O3/c1-25-19-17(11-23-25)21(29)26(13-22-19)12-18(27)14-7-9-16(10-8-14)24-20(28)15-5-3-2-4-6-15/h2-11,13H,12H2,1H3,(H,24,28). The molecule has 4 aromatic rings. The molecule has 0 unspecified atom stereocenters. The molecular weight excluding hydrogens is 370 g/mol. The summed E-state index contributed by atoms with van der Waals surface area (Å²) in [5.74, 6) is -0.467. The van der Waals surface area contributed by atoms with Crippen LogP contribution in [0.4, 0.5) is 5.69 Å². The number of rotatable bonds is 5. The monoisotopic (exact) mass is 387 g/mol. The molecule has 0 fully saturated rings. The molecule has 8 heteroatoms. The smallest absolute Gasteiger partial charge is 0.264 e. The van der Waals surface area contributed by atoms with Crippen LogP contribution < -0.4 is 10.9 Å². The van der Waals surface area contributed by atoms with E-state index in [1.165, 1.54) is 21.8 Å². The van der Waals surface area contributed by atoms with Gasteiger partial charge in [-0.15, -0.1) is 0 Å². The third kappa shape index (κ3) is 3.68. The van der Waals surface area contributed by atoms with Gasteiger partial charge in [0.05, 0.1) is 12.7 Å². The Morgan fingerprint density at radius 3 is 2.45 bits per heavy atom. The quantitative estimate of drug-likeness (QED) is 0.530. The molecule has 0 radical (unpaired) electrons. The largest absolute Gasteiger partial charge is 0.322 e. The van der Waals surface area contributed by atoms with E-state index in [2.05, 4.69) is 15.4 Å². The molecule has 144 valence electrons. The van der Waals surface area contributed by atoms with Crippen molar-refractivity contribution in [1.29, 1.82) is 0 Å². The molecule has 0 aliphatic heterocycles. The molecule has 8 nitrogen and oxygen atoms in total. The summed E-state index contributed by atoms with van der Waals surface area (Å²) in [6, 6.07) is 15.4. The average Bonchev–Trinajstić information content (AvgIpc) is 3.12. The van der Waals surface area contributed by atoms with Gasteiger partial charge in [0.2, 0.25) is 0 Å². The SMILES string of the molecule is Cn1ncc2c(=O)n(CC(=O)c3ccc(NC(=O)c4ccccc4)cc3)cnc21. The summed E-state index contributed by atoms with van der Waals surface area (Å²) >= 11 is 0. The molecular formula is C21H17N5O3. The van der Waals surface area contributed by atoms with Crippen molar-refractivity contribution in [1.82, 2.24) is 19.3 Å². The number of hydrogen-bond donors (Lipinski definition) is 1. The van der Waals surface area contributed by atoms with Gasteiger partial charge in [-0.1, -0.05) is 18.2 Å². The Balaban J connectivity index is 1.48. The number of carbonyl (C=O) groups excluding carboxylic acids is 2. The van der Waals surface area contributed by atoms with Crippen LogP contribution in [-0.4, -0.2) is 31.0 Å². The van der Waals surface area contributed by atoms with Crippen LogP contribution >= 0.6 is 0 Å². The van der Waals surface area contributed by atoms with Gasteiger partial charge in [-0.2, -0.15) is 5.10 Å². The summed E-state index contributed by atoms with van der Waals surface area (Å²) in [5.41, 5.74) is 1.71. The highest BCUT2D eigenvalue weighted by atomic mass is 16.2. The number of fused-ring (bicyclic) bond motifs is 1. The van der Waals surface area contributed by atoms with E-state index in [4.69, 9.17) is 0 Å². The minimum atomic E-state index is -0.316. The first-order valence-electron chi connectivity index (χ1n) is 8.90. The van der Waals surface area contributed by atoms with Gasteiger partial charge in [0.15, 0.2) is 11.4 Å². The van der Waals surface area contributed by atoms with E-state index < -0.39 is 0 Å². The van der Waals surface area contributed by atoms with E-state index in [0.717, 1.165) is 0 Å². The first kappa shape index (κ1) is 18.3. The summed E-state index contributed by atoms with van der Waals surface area (Å²) in [7, 11) is 1.70. The number of carbonyl (C=O) groups is 2. The summed E-state index contributed by atoms with van der Waals surface area (Å²) in [6.45, 7) is -0.133. The zero-order valence-electron chi connectivity index (χ0n) is 15.6. The van der Waals surface area contributed by atoms with Crippen molar-refractivity contribution in [3.8, 4) is 0 Å². The summed E-state index contributed by atoms with van der Waals surface area (Å²) < 4.78 is 2.77. The van der Waals surface area contributed by atoms with Crippen molar-refractivity contribution in [2.24, 2.45) is 7.05 Å². The van der Waals surface area contributed by atoms with Crippen molar-refractivity contribution >= 4 is 28.4 Å². The topological polar surface area (TPSA) is 98.9 Å². The van der Waals surface area contributed by atoms with Crippen LogP contribution in [0.3, 0.4) is 0 Å². The predicted octanol–water partition coefficient (Wildman–Crippen LogP) is 2.27. The van der Waals surface area contributed by atoms with E-state index in [1.807, 2.05) is 6.07 Å². The molecule has 0 saturated heterocycles. The van der Waals surface area contributed by atoms with Crippen LogP contribution in [0.1, 0.15) is 20.7 Å². The van der Waals surface area contributed by atoms with Crippen molar-refractivity contribution in [3.05, 3.63) is 88.6 Å². The average molecular weight is 387 g/mol. The number of aryl methyl sites for hydroxylation is 1. The Bertz CT molecular complexity index is 1260. The number of Topliss-reactive ketones (excluding diaryl/α,β-unsaturated/α-hetero) is 1. The van der Waals surface area contributed by atoms with Gasteiger partial charge in [0, 0.05) is 23.9 Å². The molecule has 1 N–H and O–H groups in total. The van der Waals surface area contributed by atoms with Crippen LogP contribution in [0.15, 0.2) is 71.9 Å². The fourth-order valence-corrected chi connectivity index (χ4v) is 2.96. The van der Waals surface area contributed by atoms with Crippen molar-refractivity contribution < 1.29 is 9.59 Å². The Labute approximate surface area is 165 Å². The fraction of sp³-hybridized carbons (Fsp3) is 0.0952. The van der Waals surface area contributed by atoms with Gasteiger partial charge in [0.1, 0.15) is 11.7 Å². The zero-order chi connectivity index (χ0) is 20.4. The Morgan fingerprint density at radius 1 is 1.00 bits per heavy atom. The number of benzene rings is 2. The molecule has 1 amide bonds. The highest BCUT2D eigenvalue weighted by Gasteiger charge is 2.13. The Hall–Kier alpha value is -4.07. The third-order valence-electron chi connectivity index (χ3n) is 4.53. The second-order valence-electron chi connectivity index (χ2n) is 6.50. The van der Waals surface area contributed by atoms with Gasteiger partial charge in [-0.05, 0) is 36.4 Å². The number of nitrogens with one attached hydrogen (secondary N) is 1. The Morgan fingerprint density at radius 2 is 1.72 bits per heavy atom. The lowest BCUT2D eigenvalue weighted by atomic mass is 10.1. The molecule has 0 aliphatic rings. The molecule has 0 atom stereocenters. The first-order chi connectivity index (χ1) is 14.0. The lowest BCUT2D eigenvalue weighted by Crippen LogP contribution is -2.24. The normalized spacial score (nSPS) is 10.8. The Kier molecular flexibility index (Phi) is 4.74. The molecule has 2 heterocycles. The minimum Gasteiger partial charge on any atom is -0.322 e. The highest BCUT2D eigenvalue weighted by molar-refractivity contribution is 6.04. The van der Waals surface area contributed by atoms with E-state index in [1.54, 1.807) is 55.6 Å². The fourth-order valence-electron chi connectivity index (χ4n) is 2.96. The molecule has 29 heavy (non-hydrogen) atoms. The summed E-state index contributed by atoms with van der Waals surface area (Å²) in [4.78, 5) is 41.4. The minimum absolute atomic E-state index is 0.133. The third-order valence-corrected chi connectivity index (χ3v) is 4.53. The van der Waals surface area contributed by atoms with Crippen LogP contribution in [0.5, 0.6) is 0 Å². The van der Waals surface area contributed by atoms with Gasteiger partial charge >= 0.3 is 0 Å². The van der Waals surface area contributed by atoms with Gasteiger partial charge in [-0.25, -0.2) is 4.98 Å². The number of anilines is 1. The van der Waals surface area contributed by atoms with Gasteiger partial charge in [0.25, 0.3) is 11.5 Å². The van der Waals surface area contributed by atoms with E-state index in [0.29, 0.717) is 27.8 Å². The van der Waals surface area contributed by atoms with Crippen LogP contribution in [-0.2, 0) is 13.6 Å². The number of nitrogens with zero attached hydrogens (tertiary/aromatic N) is 4. The van der Waals surface area contributed by atoms with Gasteiger partial charge in [-0.3, -0.25) is 23.6 Å². The number of aromatic nitrogens is 4. The molecule has 0 saturated carbocycles. The molecule has 0 bridgehead atoms.